The number of aromatic nitrogens is 1. The van der Waals surface area contributed by atoms with Crippen LogP contribution < -0.4 is 5.73 Å². The van der Waals surface area contributed by atoms with Crippen LogP contribution in [0.15, 0.2) is 18.5 Å². The molecule has 4 heteroatoms. The van der Waals surface area contributed by atoms with E-state index in [9.17, 15) is 5.11 Å². The fraction of sp³-hybridized carbons (Fsp3) is 0.667. The SMILES string of the molecule is CN(C)C1(C(O)c2cnccc2N)CCCCCC1. The number of aliphatic hydroxyl groups excluding tert-OH is 1. The van der Waals surface area contributed by atoms with E-state index in [4.69, 9.17) is 5.73 Å². The molecule has 0 radical (unpaired) electrons. The van der Waals surface area contributed by atoms with E-state index in [0.29, 0.717) is 5.69 Å². The van der Waals surface area contributed by atoms with Gasteiger partial charge in [0.1, 0.15) is 6.10 Å². The van der Waals surface area contributed by atoms with Gasteiger partial charge in [0, 0.05) is 23.6 Å². The molecule has 0 aromatic carbocycles. The molecule has 1 fully saturated rings. The van der Waals surface area contributed by atoms with Crippen LogP contribution in [0.25, 0.3) is 0 Å². The topological polar surface area (TPSA) is 62.4 Å². The summed E-state index contributed by atoms with van der Waals surface area (Å²) in [5.74, 6) is 0. The Hall–Kier alpha value is -1.13. The number of pyridine rings is 1. The largest absolute Gasteiger partial charge is 0.398 e. The van der Waals surface area contributed by atoms with Crippen LogP contribution in [0.1, 0.15) is 50.2 Å². The summed E-state index contributed by atoms with van der Waals surface area (Å²) in [7, 11) is 4.11. The van der Waals surface area contributed by atoms with Crippen LogP contribution in [0.5, 0.6) is 0 Å². The smallest absolute Gasteiger partial charge is 0.101 e. The van der Waals surface area contributed by atoms with E-state index >= 15 is 0 Å². The van der Waals surface area contributed by atoms with Gasteiger partial charge < -0.3 is 15.7 Å². The van der Waals surface area contributed by atoms with Crippen LogP contribution in [0, 0.1) is 0 Å². The van der Waals surface area contributed by atoms with Gasteiger partial charge in [0.15, 0.2) is 0 Å². The quantitative estimate of drug-likeness (QED) is 0.822. The maximum Gasteiger partial charge on any atom is 0.101 e. The fourth-order valence-electron chi connectivity index (χ4n) is 3.24. The van der Waals surface area contributed by atoms with Crippen LogP contribution in [-0.4, -0.2) is 34.6 Å². The molecule has 1 aliphatic rings. The van der Waals surface area contributed by atoms with Crippen molar-refractivity contribution in [2.45, 2.75) is 50.2 Å². The van der Waals surface area contributed by atoms with E-state index in [0.717, 1.165) is 31.2 Å². The minimum Gasteiger partial charge on any atom is -0.398 e. The second-order valence-corrected chi connectivity index (χ2v) is 5.82. The molecule has 0 bridgehead atoms. The first-order valence-electron chi connectivity index (χ1n) is 7.13. The number of aliphatic hydroxyl groups is 1. The van der Waals surface area contributed by atoms with Gasteiger partial charge in [0.2, 0.25) is 0 Å². The normalized spacial score (nSPS) is 21.1. The molecule has 0 spiro atoms. The van der Waals surface area contributed by atoms with Crippen molar-refractivity contribution in [3.05, 3.63) is 24.0 Å². The molecule has 106 valence electrons. The summed E-state index contributed by atoms with van der Waals surface area (Å²) in [5.41, 5.74) is 7.19. The standard InChI is InChI=1S/C15H25N3O/c1-18(2)15(8-5-3-4-6-9-15)14(19)12-11-17-10-7-13(12)16/h7,10-11,14,19H,3-6,8-9H2,1-2H3,(H2,16,17). The Kier molecular flexibility index (Phi) is 4.42. The number of hydrogen-bond donors (Lipinski definition) is 2. The highest BCUT2D eigenvalue weighted by Gasteiger charge is 2.41. The highest BCUT2D eigenvalue weighted by Crippen LogP contribution is 2.42. The van der Waals surface area contributed by atoms with E-state index in [1.165, 1.54) is 12.8 Å². The molecule has 1 saturated carbocycles. The van der Waals surface area contributed by atoms with Crippen LogP contribution in [0.4, 0.5) is 5.69 Å². The van der Waals surface area contributed by atoms with Crippen LogP contribution in [0.3, 0.4) is 0 Å². The molecule has 1 aromatic heterocycles. The predicted molar refractivity (Wildman–Crippen MR) is 77.7 cm³/mol. The van der Waals surface area contributed by atoms with Crippen molar-refractivity contribution in [1.29, 1.82) is 0 Å². The van der Waals surface area contributed by atoms with Crippen LogP contribution in [0.2, 0.25) is 0 Å². The average molecular weight is 263 g/mol. The van der Waals surface area contributed by atoms with E-state index in [2.05, 4.69) is 24.0 Å². The summed E-state index contributed by atoms with van der Waals surface area (Å²) < 4.78 is 0. The Morgan fingerprint density at radius 1 is 1.26 bits per heavy atom. The molecule has 2 rings (SSSR count). The van der Waals surface area contributed by atoms with Gasteiger partial charge >= 0.3 is 0 Å². The molecule has 19 heavy (non-hydrogen) atoms. The van der Waals surface area contributed by atoms with E-state index in [-0.39, 0.29) is 5.54 Å². The Balaban J connectivity index is 2.35. The number of hydrogen-bond acceptors (Lipinski definition) is 4. The van der Waals surface area contributed by atoms with Crippen LogP contribution >= 0.6 is 0 Å². The van der Waals surface area contributed by atoms with Crippen LogP contribution in [-0.2, 0) is 0 Å². The first-order valence-corrected chi connectivity index (χ1v) is 7.13. The highest BCUT2D eigenvalue weighted by atomic mass is 16.3. The van der Waals surface area contributed by atoms with Gasteiger partial charge in [-0.2, -0.15) is 0 Å². The van der Waals surface area contributed by atoms with Crippen molar-refractivity contribution >= 4 is 5.69 Å². The maximum atomic E-state index is 10.9. The number of nitrogen functional groups attached to an aromatic ring is 1. The predicted octanol–water partition coefficient (Wildman–Crippen LogP) is 2.35. The second kappa shape index (κ2) is 5.88. The van der Waals surface area contributed by atoms with Crippen molar-refractivity contribution in [2.75, 3.05) is 19.8 Å². The lowest BCUT2D eigenvalue weighted by Crippen LogP contribution is -2.49. The third kappa shape index (κ3) is 2.74. The summed E-state index contributed by atoms with van der Waals surface area (Å²) in [5, 5.41) is 10.9. The highest BCUT2D eigenvalue weighted by molar-refractivity contribution is 5.46. The van der Waals surface area contributed by atoms with Gasteiger partial charge in [-0.05, 0) is 33.0 Å². The third-order valence-corrected chi connectivity index (χ3v) is 4.55. The fourth-order valence-corrected chi connectivity index (χ4v) is 3.24. The molecule has 1 heterocycles. The number of rotatable bonds is 3. The Morgan fingerprint density at radius 3 is 2.42 bits per heavy atom. The molecule has 1 atom stereocenters. The van der Waals surface area contributed by atoms with Gasteiger partial charge in [-0.1, -0.05) is 25.7 Å². The first-order chi connectivity index (χ1) is 9.08. The number of anilines is 1. The minimum atomic E-state index is -0.575. The molecule has 1 unspecified atom stereocenters. The molecule has 0 saturated heterocycles. The zero-order valence-electron chi connectivity index (χ0n) is 12.0. The molecule has 0 aliphatic heterocycles. The first kappa shape index (κ1) is 14.3. The number of nitrogens with two attached hydrogens (primary N) is 1. The van der Waals surface area contributed by atoms with Crippen molar-refractivity contribution in [2.24, 2.45) is 0 Å². The van der Waals surface area contributed by atoms with Gasteiger partial charge in [-0.3, -0.25) is 4.98 Å². The van der Waals surface area contributed by atoms with E-state index in [1.54, 1.807) is 18.5 Å². The van der Waals surface area contributed by atoms with E-state index in [1.807, 2.05) is 0 Å². The summed E-state index contributed by atoms with van der Waals surface area (Å²) in [6.45, 7) is 0. The van der Waals surface area contributed by atoms with Crippen molar-refractivity contribution < 1.29 is 5.11 Å². The monoisotopic (exact) mass is 263 g/mol. The summed E-state index contributed by atoms with van der Waals surface area (Å²) in [4.78, 5) is 6.29. The second-order valence-electron chi connectivity index (χ2n) is 5.82. The lowest BCUT2D eigenvalue weighted by molar-refractivity contribution is -0.0196. The van der Waals surface area contributed by atoms with Gasteiger partial charge in [0.05, 0.1) is 5.54 Å². The zero-order chi connectivity index (χ0) is 13.9. The molecule has 1 aliphatic carbocycles. The van der Waals surface area contributed by atoms with Gasteiger partial charge in [-0.25, -0.2) is 0 Å². The average Bonchev–Trinajstić information content (AvgIpc) is 2.65. The Labute approximate surface area is 115 Å². The van der Waals surface area contributed by atoms with Crippen molar-refractivity contribution in [1.82, 2.24) is 9.88 Å². The number of nitrogens with zero attached hydrogens (tertiary/aromatic N) is 2. The zero-order valence-corrected chi connectivity index (χ0v) is 12.0. The Morgan fingerprint density at radius 2 is 1.89 bits per heavy atom. The molecular formula is C15H25N3O. The van der Waals surface area contributed by atoms with Gasteiger partial charge in [0.25, 0.3) is 0 Å². The summed E-state index contributed by atoms with van der Waals surface area (Å²) in [6, 6.07) is 1.76. The Bertz CT molecular complexity index is 412. The lowest BCUT2D eigenvalue weighted by atomic mass is 9.80. The molecule has 0 amide bonds. The van der Waals surface area contributed by atoms with E-state index < -0.39 is 6.10 Å². The molecule has 4 nitrogen and oxygen atoms in total. The molecular weight excluding hydrogens is 238 g/mol. The maximum absolute atomic E-state index is 10.9. The number of likely N-dealkylation sites (N-methyl/N-ethyl adjacent to an activating group) is 1. The third-order valence-electron chi connectivity index (χ3n) is 4.55. The minimum absolute atomic E-state index is 0.215. The van der Waals surface area contributed by atoms with Crippen molar-refractivity contribution in [3.63, 3.8) is 0 Å². The lowest BCUT2D eigenvalue weighted by Gasteiger charge is -2.43. The molecule has 1 aromatic rings. The van der Waals surface area contributed by atoms with Gasteiger partial charge in [-0.15, -0.1) is 0 Å². The summed E-state index contributed by atoms with van der Waals surface area (Å²) in [6.07, 6.45) is 9.65. The molecule has 3 N–H and O–H groups in total. The van der Waals surface area contributed by atoms with Crippen molar-refractivity contribution in [3.8, 4) is 0 Å². The summed E-state index contributed by atoms with van der Waals surface area (Å²) >= 11 is 0.